The van der Waals surface area contributed by atoms with E-state index in [4.69, 9.17) is 4.52 Å². The second kappa shape index (κ2) is 5.54. The van der Waals surface area contributed by atoms with E-state index in [-0.39, 0.29) is 0 Å². The van der Waals surface area contributed by atoms with Gasteiger partial charge in [0.2, 0.25) is 11.7 Å². The van der Waals surface area contributed by atoms with E-state index < -0.39 is 0 Å². The lowest BCUT2D eigenvalue weighted by Crippen LogP contribution is -1.94. The van der Waals surface area contributed by atoms with E-state index >= 15 is 0 Å². The van der Waals surface area contributed by atoms with Crippen molar-refractivity contribution in [2.75, 3.05) is 0 Å². The number of thiophene rings is 1. The van der Waals surface area contributed by atoms with Crippen LogP contribution in [0.15, 0.2) is 31.9 Å². The molecule has 0 atom stereocenters. The normalized spacial score (nSPS) is 14.7. The molecule has 0 spiro atoms. The molecule has 0 saturated heterocycles. The number of hydrogen-bond donors (Lipinski definition) is 0. The van der Waals surface area contributed by atoms with Gasteiger partial charge in [0.05, 0.1) is 10.6 Å². The van der Waals surface area contributed by atoms with Crippen molar-refractivity contribution in [3.8, 4) is 10.7 Å². The monoisotopic (exact) mass is 383 g/mol. The average Bonchev–Trinajstić information content (AvgIpc) is 2.92. The van der Waals surface area contributed by atoms with Crippen LogP contribution < -0.4 is 0 Å². The highest BCUT2D eigenvalue weighted by molar-refractivity contribution is 9.10. The second-order valence-electron chi connectivity index (χ2n) is 4.68. The van der Waals surface area contributed by atoms with Gasteiger partial charge in [0.1, 0.15) is 6.33 Å². The zero-order valence-electron chi connectivity index (χ0n) is 10.8. The molecule has 1 fully saturated rings. The maximum absolute atomic E-state index is 5.29. The fourth-order valence-corrected chi connectivity index (χ4v) is 4.08. The highest BCUT2D eigenvalue weighted by atomic mass is 79.9. The Bertz CT molecular complexity index is 763. The van der Waals surface area contributed by atoms with Gasteiger partial charge in [-0.15, -0.1) is 21.5 Å². The van der Waals surface area contributed by atoms with E-state index in [2.05, 4.69) is 40.8 Å². The van der Waals surface area contributed by atoms with Crippen molar-refractivity contribution in [1.29, 1.82) is 0 Å². The van der Waals surface area contributed by atoms with Gasteiger partial charge in [-0.1, -0.05) is 16.9 Å². The highest BCUT2D eigenvalue weighted by Gasteiger charge is 2.26. The first-order chi connectivity index (χ1) is 10.3. The molecule has 108 valence electrons. The maximum atomic E-state index is 5.29. The van der Waals surface area contributed by atoms with Crippen molar-refractivity contribution < 1.29 is 4.52 Å². The number of aromatic nitrogens is 5. The molecule has 6 nitrogen and oxygen atoms in total. The molecule has 0 bridgehead atoms. The molecule has 1 saturated carbocycles. The van der Waals surface area contributed by atoms with Gasteiger partial charge in [-0.3, -0.25) is 0 Å². The van der Waals surface area contributed by atoms with Crippen LogP contribution in [0.25, 0.3) is 10.7 Å². The number of thioether (sulfide) groups is 1. The third kappa shape index (κ3) is 2.90. The van der Waals surface area contributed by atoms with Crippen LogP contribution in [0.2, 0.25) is 0 Å². The molecular formula is C12H10BrN5OS2. The third-order valence-corrected chi connectivity index (χ3v) is 5.69. The molecule has 9 heteroatoms. The summed E-state index contributed by atoms with van der Waals surface area (Å²) >= 11 is 6.58. The minimum Gasteiger partial charge on any atom is -0.338 e. The summed E-state index contributed by atoms with van der Waals surface area (Å²) in [5.41, 5.74) is 0. The van der Waals surface area contributed by atoms with E-state index in [9.17, 15) is 0 Å². The van der Waals surface area contributed by atoms with Gasteiger partial charge in [0.15, 0.2) is 5.16 Å². The Labute approximate surface area is 137 Å². The minimum atomic E-state index is 0.573. The summed E-state index contributed by atoms with van der Waals surface area (Å²) in [7, 11) is 0. The van der Waals surface area contributed by atoms with Crippen molar-refractivity contribution >= 4 is 39.0 Å². The number of halogens is 1. The van der Waals surface area contributed by atoms with Crippen LogP contribution in [-0.2, 0) is 5.75 Å². The van der Waals surface area contributed by atoms with Gasteiger partial charge in [-0.05, 0) is 34.8 Å². The Morgan fingerprint density at radius 3 is 3.14 bits per heavy atom. The first-order valence-electron chi connectivity index (χ1n) is 6.39. The van der Waals surface area contributed by atoms with Crippen LogP contribution >= 0.6 is 39.0 Å². The Morgan fingerprint density at radius 2 is 2.38 bits per heavy atom. The Balaban J connectivity index is 1.45. The summed E-state index contributed by atoms with van der Waals surface area (Å²) in [6.45, 7) is 0. The third-order valence-electron chi connectivity index (χ3n) is 3.06. The second-order valence-corrected chi connectivity index (χ2v) is 7.45. The summed E-state index contributed by atoms with van der Waals surface area (Å²) in [4.78, 5) is 5.41. The number of hydrogen-bond acceptors (Lipinski definition) is 7. The van der Waals surface area contributed by atoms with E-state index in [1.54, 1.807) is 29.4 Å². The molecule has 0 unspecified atom stereocenters. The van der Waals surface area contributed by atoms with Crippen LogP contribution in [-0.4, -0.2) is 24.9 Å². The Hall–Kier alpha value is -1.19. The maximum Gasteiger partial charge on any atom is 0.237 e. The van der Waals surface area contributed by atoms with Crippen LogP contribution in [0.3, 0.4) is 0 Å². The van der Waals surface area contributed by atoms with Gasteiger partial charge < -0.3 is 9.09 Å². The van der Waals surface area contributed by atoms with Gasteiger partial charge in [-0.2, -0.15) is 4.98 Å². The lowest BCUT2D eigenvalue weighted by molar-refractivity contribution is 0.391. The Morgan fingerprint density at radius 1 is 1.48 bits per heavy atom. The van der Waals surface area contributed by atoms with Crippen LogP contribution in [0.4, 0.5) is 0 Å². The van der Waals surface area contributed by atoms with Gasteiger partial charge in [-0.25, -0.2) is 0 Å². The predicted molar refractivity (Wildman–Crippen MR) is 83.2 cm³/mol. The topological polar surface area (TPSA) is 69.6 Å². The molecular weight excluding hydrogens is 374 g/mol. The zero-order valence-corrected chi connectivity index (χ0v) is 14.0. The van der Waals surface area contributed by atoms with E-state index in [1.165, 1.54) is 12.8 Å². The smallest absolute Gasteiger partial charge is 0.237 e. The first kappa shape index (κ1) is 13.5. The molecule has 1 aliphatic rings. The van der Waals surface area contributed by atoms with Gasteiger partial charge in [0.25, 0.3) is 0 Å². The van der Waals surface area contributed by atoms with Crippen molar-refractivity contribution in [2.45, 2.75) is 29.8 Å². The molecule has 3 aromatic rings. The van der Waals surface area contributed by atoms with Crippen molar-refractivity contribution in [3.05, 3.63) is 28.1 Å². The van der Waals surface area contributed by atoms with Crippen LogP contribution in [0.5, 0.6) is 0 Å². The van der Waals surface area contributed by atoms with Crippen molar-refractivity contribution in [1.82, 2.24) is 24.9 Å². The Kier molecular flexibility index (Phi) is 3.56. The van der Waals surface area contributed by atoms with Crippen molar-refractivity contribution in [2.24, 2.45) is 0 Å². The number of nitrogens with zero attached hydrogens (tertiary/aromatic N) is 5. The largest absolute Gasteiger partial charge is 0.338 e. The molecule has 3 heterocycles. The van der Waals surface area contributed by atoms with Gasteiger partial charge in [0, 0.05) is 15.9 Å². The molecule has 0 amide bonds. The van der Waals surface area contributed by atoms with Crippen molar-refractivity contribution in [3.63, 3.8) is 0 Å². The predicted octanol–water partition coefficient (Wildman–Crippen LogP) is 3.78. The molecule has 21 heavy (non-hydrogen) atoms. The molecule has 0 aromatic carbocycles. The quantitative estimate of drug-likeness (QED) is 0.624. The van der Waals surface area contributed by atoms with E-state index in [0.717, 1.165) is 14.5 Å². The first-order valence-corrected chi connectivity index (χ1v) is 9.05. The standard InChI is InChI=1S/C12H10BrN5OS2/c13-7-3-9(20-4-7)11-15-10(19-17-11)5-21-12-16-14-6-18(12)8-1-2-8/h3-4,6,8H,1-2,5H2. The van der Waals surface area contributed by atoms with E-state index in [0.29, 0.717) is 23.5 Å². The molecule has 1 aliphatic carbocycles. The fraction of sp³-hybridized carbons (Fsp3) is 0.333. The highest BCUT2D eigenvalue weighted by Crippen LogP contribution is 2.37. The molecule has 0 radical (unpaired) electrons. The van der Waals surface area contributed by atoms with Crippen LogP contribution in [0.1, 0.15) is 24.8 Å². The average molecular weight is 384 g/mol. The molecule has 3 aromatic heterocycles. The summed E-state index contributed by atoms with van der Waals surface area (Å²) in [6, 6.07) is 2.56. The lowest BCUT2D eigenvalue weighted by atomic mass is 10.4. The summed E-state index contributed by atoms with van der Waals surface area (Å²) < 4.78 is 8.45. The fourth-order valence-electron chi connectivity index (χ4n) is 1.91. The summed E-state index contributed by atoms with van der Waals surface area (Å²) in [6.07, 6.45) is 4.22. The number of rotatable bonds is 5. The van der Waals surface area contributed by atoms with Gasteiger partial charge >= 0.3 is 0 Å². The summed E-state index contributed by atoms with van der Waals surface area (Å²) in [5.74, 6) is 1.83. The zero-order chi connectivity index (χ0) is 14.2. The minimum absolute atomic E-state index is 0.573. The SMILES string of the molecule is Brc1csc(-c2noc(CSc3nncn3C3CC3)n2)c1. The molecule has 4 rings (SSSR count). The van der Waals surface area contributed by atoms with Crippen LogP contribution in [0, 0.1) is 0 Å². The molecule has 0 N–H and O–H groups in total. The lowest BCUT2D eigenvalue weighted by Gasteiger charge is -2.01. The molecule has 0 aliphatic heterocycles. The summed E-state index contributed by atoms with van der Waals surface area (Å²) in [5, 5.41) is 15.0. The van der Waals surface area contributed by atoms with E-state index in [1.807, 2.05) is 11.4 Å².